The fourth-order valence-electron chi connectivity index (χ4n) is 1.53. The minimum absolute atomic E-state index is 0.00247. The molecule has 0 saturated carbocycles. The molecule has 0 radical (unpaired) electrons. The fourth-order valence-corrected chi connectivity index (χ4v) is 1.53. The monoisotopic (exact) mass is 264 g/mol. The summed E-state index contributed by atoms with van der Waals surface area (Å²) in [7, 11) is 1.63. The van der Waals surface area contributed by atoms with E-state index in [-0.39, 0.29) is 17.5 Å². The molecule has 0 heterocycles. The first-order valence-electron chi connectivity index (χ1n) is 6.60. The highest BCUT2D eigenvalue weighted by Crippen LogP contribution is 2.16. The van der Waals surface area contributed by atoms with Crippen LogP contribution in [-0.2, 0) is 4.79 Å². The van der Waals surface area contributed by atoms with Gasteiger partial charge in [-0.25, -0.2) is 0 Å². The Balaban J connectivity index is 2.58. The number of amides is 1. The van der Waals surface area contributed by atoms with Crippen LogP contribution in [0.5, 0.6) is 5.75 Å². The Hall–Kier alpha value is -1.71. The van der Waals surface area contributed by atoms with Crippen molar-refractivity contribution in [1.29, 1.82) is 0 Å². The van der Waals surface area contributed by atoms with Crippen molar-refractivity contribution in [2.45, 2.75) is 45.7 Å². The van der Waals surface area contributed by atoms with E-state index in [1.807, 2.05) is 45.0 Å². The van der Waals surface area contributed by atoms with Crippen molar-refractivity contribution in [1.82, 2.24) is 5.32 Å². The Morgan fingerprint density at radius 1 is 1.32 bits per heavy atom. The summed E-state index contributed by atoms with van der Waals surface area (Å²) in [5.74, 6) is 0.803. The molecule has 0 aliphatic carbocycles. The largest absolute Gasteiger partial charge is 0.497 e. The lowest BCUT2D eigenvalue weighted by Crippen LogP contribution is -2.48. The molecule has 19 heavy (non-hydrogen) atoms. The Labute approximate surface area is 115 Å². The molecule has 1 unspecified atom stereocenters. The van der Waals surface area contributed by atoms with Crippen LogP contribution < -0.4 is 15.4 Å². The number of carbonyl (C=O) groups excluding carboxylic acids is 1. The van der Waals surface area contributed by atoms with Crippen molar-refractivity contribution in [3.63, 3.8) is 0 Å². The first-order valence-corrected chi connectivity index (χ1v) is 6.60. The SMILES string of the molecule is CCC(C)(C)NC(=O)C(C)Nc1ccc(OC)cc1. The van der Waals surface area contributed by atoms with Gasteiger partial charge < -0.3 is 15.4 Å². The second kappa shape index (κ2) is 6.45. The molecule has 1 atom stereocenters. The van der Waals surface area contributed by atoms with Crippen LogP contribution in [0.15, 0.2) is 24.3 Å². The van der Waals surface area contributed by atoms with Crippen LogP contribution in [0, 0.1) is 0 Å². The van der Waals surface area contributed by atoms with Gasteiger partial charge in [0.25, 0.3) is 0 Å². The van der Waals surface area contributed by atoms with Crippen LogP contribution in [-0.4, -0.2) is 24.6 Å². The normalized spacial score (nSPS) is 12.7. The van der Waals surface area contributed by atoms with Crippen LogP contribution in [0.25, 0.3) is 0 Å². The number of methoxy groups -OCH3 is 1. The van der Waals surface area contributed by atoms with E-state index in [2.05, 4.69) is 17.6 Å². The van der Waals surface area contributed by atoms with E-state index >= 15 is 0 Å². The van der Waals surface area contributed by atoms with Crippen molar-refractivity contribution >= 4 is 11.6 Å². The van der Waals surface area contributed by atoms with Gasteiger partial charge in [-0.15, -0.1) is 0 Å². The second-order valence-electron chi connectivity index (χ2n) is 5.32. The van der Waals surface area contributed by atoms with E-state index in [1.54, 1.807) is 7.11 Å². The third-order valence-corrected chi connectivity index (χ3v) is 3.21. The van der Waals surface area contributed by atoms with Gasteiger partial charge in [-0.05, 0) is 51.5 Å². The van der Waals surface area contributed by atoms with Crippen LogP contribution in [0.4, 0.5) is 5.69 Å². The van der Waals surface area contributed by atoms with Gasteiger partial charge in [-0.2, -0.15) is 0 Å². The minimum Gasteiger partial charge on any atom is -0.497 e. The molecule has 4 nitrogen and oxygen atoms in total. The molecular formula is C15H24N2O2. The van der Waals surface area contributed by atoms with Crippen molar-refractivity contribution in [2.24, 2.45) is 0 Å². The number of ether oxygens (including phenoxy) is 1. The van der Waals surface area contributed by atoms with E-state index in [4.69, 9.17) is 4.74 Å². The average Bonchev–Trinajstić information content (AvgIpc) is 2.39. The van der Waals surface area contributed by atoms with Gasteiger partial charge in [-0.1, -0.05) is 6.92 Å². The van der Waals surface area contributed by atoms with Gasteiger partial charge in [0, 0.05) is 11.2 Å². The zero-order valence-corrected chi connectivity index (χ0v) is 12.4. The molecule has 1 amide bonds. The molecule has 0 spiro atoms. The average molecular weight is 264 g/mol. The van der Waals surface area contributed by atoms with Gasteiger partial charge in [0.05, 0.1) is 7.11 Å². The lowest BCUT2D eigenvalue weighted by molar-refractivity contribution is -0.123. The number of benzene rings is 1. The summed E-state index contributed by atoms with van der Waals surface area (Å²) in [6.07, 6.45) is 0.897. The number of anilines is 1. The van der Waals surface area contributed by atoms with Crippen LogP contribution in [0.2, 0.25) is 0 Å². The maximum Gasteiger partial charge on any atom is 0.242 e. The maximum absolute atomic E-state index is 12.0. The standard InChI is InChI=1S/C15H24N2O2/c1-6-15(3,4)17-14(18)11(2)16-12-7-9-13(19-5)10-8-12/h7-11,16H,6H2,1-5H3,(H,17,18). The smallest absolute Gasteiger partial charge is 0.242 e. The summed E-state index contributed by atoms with van der Waals surface area (Å²) >= 11 is 0. The molecule has 1 aromatic carbocycles. The van der Waals surface area contributed by atoms with Crippen LogP contribution in [0.3, 0.4) is 0 Å². The highest BCUT2D eigenvalue weighted by molar-refractivity contribution is 5.84. The summed E-state index contributed by atoms with van der Waals surface area (Å²) in [6.45, 7) is 7.95. The molecule has 0 aliphatic rings. The van der Waals surface area contributed by atoms with Crippen molar-refractivity contribution in [2.75, 3.05) is 12.4 Å². The Morgan fingerprint density at radius 3 is 2.37 bits per heavy atom. The zero-order valence-electron chi connectivity index (χ0n) is 12.4. The van der Waals surface area contributed by atoms with Gasteiger partial charge in [0.2, 0.25) is 5.91 Å². The summed E-state index contributed by atoms with van der Waals surface area (Å²) < 4.78 is 5.09. The molecule has 106 valence electrons. The zero-order chi connectivity index (χ0) is 14.5. The topological polar surface area (TPSA) is 50.4 Å². The Bertz CT molecular complexity index is 413. The summed E-state index contributed by atoms with van der Waals surface area (Å²) in [4.78, 5) is 12.0. The molecule has 0 aromatic heterocycles. The first kappa shape index (κ1) is 15.3. The number of hydrogen-bond donors (Lipinski definition) is 2. The number of nitrogens with one attached hydrogen (secondary N) is 2. The molecule has 0 fully saturated rings. The molecule has 1 aromatic rings. The molecule has 0 saturated heterocycles. The third-order valence-electron chi connectivity index (χ3n) is 3.21. The van der Waals surface area contributed by atoms with E-state index in [0.29, 0.717) is 0 Å². The summed E-state index contributed by atoms with van der Waals surface area (Å²) in [6, 6.07) is 7.24. The van der Waals surface area contributed by atoms with Crippen molar-refractivity contribution in [3.05, 3.63) is 24.3 Å². The van der Waals surface area contributed by atoms with Crippen molar-refractivity contribution < 1.29 is 9.53 Å². The third kappa shape index (κ3) is 4.81. The van der Waals surface area contributed by atoms with E-state index in [9.17, 15) is 4.79 Å². The lowest BCUT2D eigenvalue weighted by atomic mass is 10.0. The molecule has 1 rings (SSSR count). The lowest BCUT2D eigenvalue weighted by Gasteiger charge is -2.27. The minimum atomic E-state index is -0.279. The maximum atomic E-state index is 12.0. The molecule has 2 N–H and O–H groups in total. The van der Waals surface area contributed by atoms with Gasteiger partial charge >= 0.3 is 0 Å². The van der Waals surface area contributed by atoms with Gasteiger partial charge in [0.15, 0.2) is 0 Å². The van der Waals surface area contributed by atoms with Gasteiger partial charge in [-0.3, -0.25) is 4.79 Å². The summed E-state index contributed by atoms with van der Waals surface area (Å²) in [5.41, 5.74) is 0.727. The molecule has 4 heteroatoms. The predicted octanol–water partition coefficient (Wildman–Crippen LogP) is 2.80. The molecular weight excluding hydrogens is 240 g/mol. The fraction of sp³-hybridized carbons (Fsp3) is 0.533. The van der Waals surface area contributed by atoms with Crippen molar-refractivity contribution in [3.8, 4) is 5.75 Å². The highest BCUT2D eigenvalue weighted by Gasteiger charge is 2.21. The first-order chi connectivity index (χ1) is 8.88. The highest BCUT2D eigenvalue weighted by atomic mass is 16.5. The summed E-state index contributed by atoms with van der Waals surface area (Å²) in [5, 5.41) is 6.19. The predicted molar refractivity (Wildman–Crippen MR) is 78.6 cm³/mol. The Kier molecular flexibility index (Phi) is 5.21. The second-order valence-corrected chi connectivity index (χ2v) is 5.32. The van der Waals surface area contributed by atoms with E-state index in [1.165, 1.54) is 0 Å². The number of carbonyl (C=O) groups is 1. The van der Waals surface area contributed by atoms with Crippen LogP contribution in [0.1, 0.15) is 34.1 Å². The number of hydrogen-bond acceptors (Lipinski definition) is 3. The Morgan fingerprint density at radius 2 is 1.89 bits per heavy atom. The van der Waals surface area contributed by atoms with E-state index in [0.717, 1.165) is 17.9 Å². The van der Waals surface area contributed by atoms with Gasteiger partial charge in [0.1, 0.15) is 11.8 Å². The quantitative estimate of drug-likeness (QED) is 0.830. The van der Waals surface area contributed by atoms with E-state index < -0.39 is 0 Å². The molecule has 0 bridgehead atoms. The number of rotatable bonds is 6. The molecule has 0 aliphatic heterocycles. The van der Waals surface area contributed by atoms with Crippen LogP contribution >= 0.6 is 0 Å².